The Labute approximate surface area is 299 Å². The molecule has 1 fully saturated rings. The van der Waals surface area contributed by atoms with Crippen molar-refractivity contribution in [2.75, 3.05) is 0 Å². The van der Waals surface area contributed by atoms with Gasteiger partial charge >= 0.3 is 0 Å². The number of nitriles is 1. The molecule has 1 heterocycles. The highest BCUT2D eigenvalue weighted by Gasteiger charge is 2.41. The van der Waals surface area contributed by atoms with Gasteiger partial charge in [-0.1, -0.05) is 133 Å². The second-order valence-corrected chi connectivity index (χ2v) is 13.8. The van der Waals surface area contributed by atoms with Gasteiger partial charge in [0.25, 0.3) is 0 Å². The predicted octanol–water partition coefficient (Wildman–Crippen LogP) is 11.2. The number of allylic oxidation sites excluding steroid dienone is 12. The van der Waals surface area contributed by atoms with E-state index in [4.69, 9.17) is 15.0 Å². The zero-order valence-electron chi connectivity index (χ0n) is 28.3. The van der Waals surface area contributed by atoms with E-state index in [1.807, 2.05) is 30.3 Å². The van der Waals surface area contributed by atoms with Gasteiger partial charge < -0.3 is 0 Å². The maximum absolute atomic E-state index is 10.1. The molecule has 4 aliphatic carbocycles. The first kappa shape index (κ1) is 30.8. The van der Waals surface area contributed by atoms with Crippen molar-refractivity contribution in [2.24, 2.45) is 11.8 Å². The molecule has 5 aromatic rings. The number of nitrogens with zero attached hydrogens (tertiary/aromatic N) is 4. The zero-order chi connectivity index (χ0) is 34.1. The van der Waals surface area contributed by atoms with E-state index in [-0.39, 0.29) is 0 Å². The van der Waals surface area contributed by atoms with Crippen LogP contribution in [-0.2, 0) is 6.42 Å². The Morgan fingerprint density at radius 2 is 1.39 bits per heavy atom. The quantitative estimate of drug-likeness (QED) is 0.189. The summed E-state index contributed by atoms with van der Waals surface area (Å²) >= 11 is 0. The van der Waals surface area contributed by atoms with Gasteiger partial charge in [-0.05, 0) is 100 Å². The van der Waals surface area contributed by atoms with Gasteiger partial charge in [0, 0.05) is 23.1 Å². The highest BCUT2D eigenvalue weighted by atomic mass is 15.0. The SMILES string of the molecule is N#C/C1=C/C2=C(Cc3cccc(-c4cccc(-c5cccc(-c6nc(C7=CC=CCC7)nc(-c7ccccc7)n6)c5)c4)c32)C2CC2/C=C\C=C/C1. The third kappa shape index (κ3) is 6.13. The van der Waals surface area contributed by atoms with Gasteiger partial charge in [0.2, 0.25) is 0 Å². The van der Waals surface area contributed by atoms with E-state index in [1.54, 1.807) is 0 Å². The zero-order valence-corrected chi connectivity index (χ0v) is 28.3. The number of benzene rings is 4. The van der Waals surface area contributed by atoms with E-state index in [0.717, 1.165) is 58.5 Å². The molecule has 0 radical (unpaired) electrons. The molecule has 4 aliphatic rings. The molecule has 4 aromatic carbocycles. The molecule has 0 bridgehead atoms. The summed E-state index contributed by atoms with van der Waals surface area (Å²) in [6.45, 7) is 0. The fourth-order valence-electron chi connectivity index (χ4n) is 7.74. The van der Waals surface area contributed by atoms with Crippen molar-refractivity contribution in [2.45, 2.75) is 32.1 Å². The van der Waals surface area contributed by atoms with E-state index in [1.165, 1.54) is 39.8 Å². The van der Waals surface area contributed by atoms with Crippen LogP contribution in [0.15, 0.2) is 157 Å². The van der Waals surface area contributed by atoms with Gasteiger partial charge in [-0.15, -0.1) is 0 Å². The average molecular weight is 657 g/mol. The minimum atomic E-state index is 0.539. The van der Waals surface area contributed by atoms with Crippen LogP contribution in [-0.4, -0.2) is 15.0 Å². The standard InChI is InChI=1S/C47H36N4/c48-30-31-13-4-1-9-18-37-28-41(37)42-29-38-22-12-24-40(44(38)43(42)25-31)36-21-10-19-34(26-36)35-20-11-23-39(27-35)47-50-45(32-14-5-2-6-15-32)49-46(51-47)33-16-7-3-8-17-33/h1-7,9-12,14-16,18-27,37,41H,8,13,17,28-29H2/b4-1-,18-9-,31-25+. The Kier molecular flexibility index (Phi) is 8.02. The van der Waals surface area contributed by atoms with Crippen molar-refractivity contribution in [1.82, 2.24) is 15.0 Å². The van der Waals surface area contributed by atoms with E-state index < -0.39 is 0 Å². The predicted molar refractivity (Wildman–Crippen MR) is 207 cm³/mol. The Hall–Kier alpha value is -6.18. The second-order valence-electron chi connectivity index (χ2n) is 13.8. The van der Waals surface area contributed by atoms with Gasteiger partial charge in [0.1, 0.15) is 0 Å². The molecule has 4 nitrogen and oxygen atoms in total. The summed E-state index contributed by atoms with van der Waals surface area (Å²) in [6.07, 6.45) is 21.9. The summed E-state index contributed by atoms with van der Waals surface area (Å²) in [5.74, 6) is 3.20. The summed E-state index contributed by atoms with van der Waals surface area (Å²) in [6, 6.07) is 36.7. The minimum Gasteiger partial charge on any atom is -0.209 e. The second kappa shape index (κ2) is 13.3. The Morgan fingerprint density at radius 3 is 2.20 bits per heavy atom. The van der Waals surface area contributed by atoms with E-state index in [9.17, 15) is 5.26 Å². The Balaban J connectivity index is 1.11. The van der Waals surface area contributed by atoms with Crippen LogP contribution in [0.1, 0.15) is 42.6 Å². The third-order valence-corrected chi connectivity index (χ3v) is 10.4. The highest BCUT2D eigenvalue weighted by Crippen LogP contribution is 2.53. The first-order valence-corrected chi connectivity index (χ1v) is 17.9. The van der Waals surface area contributed by atoms with Crippen LogP contribution in [0.2, 0.25) is 0 Å². The van der Waals surface area contributed by atoms with Crippen LogP contribution >= 0.6 is 0 Å². The summed E-state index contributed by atoms with van der Waals surface area (Å²) < 4.78 is 0. The normalized spacial score (nSPS) is 21.2. The van der Waals surface area contributed by atoms with Crippen molar-refractivity contribution in [3.05, 3.63) is 174 Å². The number of rotatable bonds is 5. The lowest BCUT2D eigenvalue weighted by molar-refractivity contribution is 0.895. The van der Waals surface area contributed by atoms with Gasteiger partial charge in [0.05, 0.1) is 6.07 Å². The lowest BCUT2D eigenvalue weighted by atomic mass is 9.90. The van der Waals surface area contributed by atoms with Crippen molar-refractivity contribution < 1.29 is 0 Å². The molecule has 9 rings (SSSR count). The number of fused-ring (bicyclic) bond motifs is 4. The molecule has 0 amide bonds. The fourth-order valence-corrected chi connectivity index (χ4v) is 7.74. The first-order chi connectivity index (χ1) is 25.2. The van der Waals surface area contributed by atoms with Crippen LogP contribution in [0, 0.1) is 23.2 Å². The van der Waals surface area contributed by atoms with E-state index >= 15 is 0 Å². The van der Waals surface area contributed by atoms with Gasteiger partial charge in [-0.3, -0.25) is 0 Å². The Bertz CT molecular complexity index is 2410. The largest absolute Gasteiger partial charge is 0.209 e. The van der Waals surface area contributed by atoms with Gasteiger partial charge in [0.15, 0.2) is 17.5 Å². The van der Waals surface area contributed by atoms with Gasteiger partial charge in [-0.2, -0.15) is 5.26 Å². The molecule has 0 spiro atoms. The highest BCUT2D eigenvalue weighted by molar-refractivity contribution is 5.93. The molecule has 0 N–H and O–H groups in total. The Morgan fingerprint density at radius 1 is 0.667 bits per heavy atom. The van der Waals surface area contributed by atoms with Crippen LogP contribution < -0.4 is 0 Å². The van der Waals surface area contributed by atoms with Crippen LogP contribution in [0.3, 0.4) is 0 Å². The number of hydrogen-bond acceptors (Lipinski definition) is 4. The fraction of sp³-hybridized carbons (Fsp3) is 0.149. The van der Waals surface area contributed by atoms with Crippen LogP contribution in [0.5, 0.6) is 0 Å². The molecule has 1 aromatic heterocycles. The third-order valence-electron chi connectivity index (χ3n) is 10.4. The van der Waals surface area contributed by atoms with Crippen LogP contribution in [0.4, 0.5) is 0 Å². The smallest absolute Gasteiger partial charge is 0.164 e. The van der Waals surface area contributed by atoms with E-state index in [0.29, 0.717) is 29.9 Å². The lowest BCUT2D eigenvalue weighted by Crippen LogP contribution is -2.03. The molecule has 2 unspecified atom stereocenters. The maximum Gasteiger partial charge on any atom is 0.164 e. The number of aromatic nitrogens is 3. The maximum atomic E-state index is 10.1. The molecule has 244 valence electrons. The van der Waals surface area contributed by atoms with Crippen molar-refractivity contribution >= 4 is 11.1 Å². The monoisotopic (exact) mass is 656 g/mol. The molecule has 51 heavy (non-hydrogen) atoms. The molecule has 0 saturated heterocycles. The molecular formula is C47H36N4. The molecule has 2 atom stereocenters. The summed E-state index contributed by atoms with van der Waals surface area (Å²) in [7, 11) is 0. The topological polar surface area (TPSA) is 62.5 Å². The number of hydrogen-bond donors (Lipinski definition) is 0. The lowest BCUT2D eigenvalue weighted by Gasteiger charge is -2.14. The van der Waals surface area contributed by atoms with Gasteiger partial charge in [-0.25, -0.2) is 15.0 Å². The first-order valence-electron chi connectivity index (χ1n) is 17.9. The van der Waals surface area contributed by atoms with Crippen LogP contribution in [0.25, 0.3) is 56.2 Å². The average Bonchev–Trinajstić information content (AvgIpc) is 3.88. The molecule has 1 saturated carbocycles. The summed E-state index contributed by atoms with van der Waals surface area (Å²) in [5, 5.41) is 10.1. The van der Waals surface area contributed by atoms with Crippen molar-refractivity contribution in [3.63, 3.8) is 0 Å². The minimum absolute atomic E-state index is 0.539. The molecule has 4 heteroatoms. The van der Waals surface area contributed by atoms with Crippen molar-refractivity contribution in [1.29, 1.82) is 5.26 Å². The molecular weight excluding hydrogens is 621 g/mol. The summed E-state index contributed by atoms with van der Waals surface area (Å²) in [5.41, 5.74) is 13.8. The summed E-state index contributed by atoms with van der Waals surface area (Å²) in [4.78, 5) is 14.9. The van der Waals surface area contributed by atoms with Crippen molar-refractivity contribution in [3.8, 4) is 51.1 Å². The molecule has 0 aliphatic heterocycles. The van der Waals surface area contributed by atoms with E-state index in [2.05, 4.69) is 121 Å².